The minimum atomic E-state index is -0.0412. The number of nitrogens with zero attached hydrogens (tertiary/aromatic N) is 4. The van der Waals surface area contributed by atoms with Crippen LogP contribution in [0, 0.1) is 13.8 Å². The van der Waals surface area contributed by atoms with Gasteiger partial charge in [-0.2, -0.15) is 5.10 Å². The van der Waals surface area contributed by atoms with Crippen LogP contribution in [0.25, 0.3) is 16.9 Å². The Labute approximate surface area is 216 Å². The number of hydrogen-bond donors (Lipinski definition) is 0. The first-order valence-corrected chi connectivity index (χ1v) is 12.4. The maximum Gasteiger partial charge on any atom is 0.272 e. The van der Waals surface area contributed by atoms with Crippen molar-refractivity contribution in [1.82, 2.24) is 14.7 Å². The maximum atomic E-state index is 13.9. The first kappa shape index (κ1) is 23.9. The molecule has 3 aromatic carbocycles. The second-order valence-electron chi connectivity index (χ2n) is 9.05. The van der Waals surface area contributed by atoms with Gasteiger partial charge in [0.05, 0.1) is 29.2 Å². The molecule has 0 bridgehead atoms. The molecule has 1 aliphatic rings. The molecule has 0 aliphatic carbocycles. The van der Waals surface area contributed by atoms with Gasteiger partial charge >= 0.3 is 0 Å². The number of halogens is 1. The van der Waals surface area contributed by atoms with E-state index in [2.05, 4.69) is 24.0 Å². The van der Waals surface area contributed by atoms with Gasteiger partial charge in [0.25, 0.3) is 5.91 Å². The topological polar surface area (TPSA) is 50.6 Å². The van der Waals surface area contributed by atoms with Gasteiger partial charge < -0.3 is 14.5 Å². The molecule has 1 amide bonds. The van der Waals surface area contributed by atoms with Crippen molar-refractivity contribution < 1.29 is 9.53 Å². The first-order chi connectivity index (χ1) is 17.5. The molecular formula is C29H29ClN4O2. The van der Waals surface area contributed by atoms with Gasteiger partial charge in [0.1, 0.15) is 11.4 Å². The summed E-state index contributed by atoms with van der Waals surface area (Å²) < 4.78 is 7.30. The third-order valence-electron chi connectivity index (χ3n) is 6.65. The van der Waals surface area contributed by atoms with E-state index in [1.165, 1.54) is 0 Å². The second kappa shape index (κ2) is 10.1. The molecular weight excluding hydrogens is 472 g/mol. The number of aromatic nitrogens is 2. The predicted octanol–water partition coefficient (Wildman–Crippen LogP) is 5.78. The number of para-hydroxylation sites is 2. The zero-order chi connectivity index (χ0) is 25.2. The molecule has 1 fully saturated rings. The lowest BCUT2D eigenvalue weighted by atomic mass is 10.1. The molecule has 0 saturated carbocycles. The van der Waals surface area contributed by atoms with Crippen molar-refractivity contribution in [3.05, 3.63) is 94.6 Å². The Hall–Kier alpha value is -3.77. The van der Waals surface area contributed by atoms with E-state index >= 15 is 0 Å². The number of amides is 1. The number of rotatable bonds is 5. The van der Waals surface area contributed by atoms with Crippen molar-refractivity contribution in [3.8, 4) is 22.7 Å². The van der Waals surface area contributed by atoms with E-state index in [0.717, 1.165) is 46.9 Å². The third kappa shape index (κ3) is 4.56. The van der Waals surface area contributed by atoms with E-state index in [1.54, 1.807) is 11.8 Å². The summed E-state index contributed by atoms with van der Waals surface area (Å²) in [6.07, 6.45) is 0. The van der Waals surface area contributed by atoms with Crippen LogP contribution in [0.1, 0.15) is 21.6 Å². The van der Waals surface area contributed by atoms with Gasteiger partial charge in [-0.1, -0.05) is 59.6 Å². The van der Waals surface area contributed by atoms with E-state index in [0.29, 0.717) is 29.5 Å². The largest absolute Gasteiger partial charge is 0.495 e. The Balaban J connectivity index is 1.47. The van der Waals surface area contributed by atoms with Crippen molar-refractivity contribution in [3.63, 3.8) is 0 Å². The zero-order valence-corrected chi connectivity index (χ0v) is 21.5. The van der Waals surface area contributed by atoms with Crippen molar-refractivity contribution in [2.24, 2.45) is 0 Å². The number of anilines is 1. The van der Waals surface area contributed by atoms with Crippen LogP contribution in [0.15, 0.2) is 72.8 Å². The molecule has 4 aromatic rings. The van der Waals surface area contributed by atoms with E-state index < -0.39 is 0 Å². The molecule has 0 N–H and O–H groups in total. The van der Waals surface area contributed by atoms with Crippen LogP contribution in [0.5, 0.6) is 5.75 Å². The second-order valence-corrected chi connectivity index (χ2v) is 9.45. The fraction of sp³-hybridized carbons (Fsp3) is 0.241. The Morgan fingerprint density at radius 3 is 2.33 bits per heavy atom. The predicted molar refractivity (Wildman–Crippen MR) is 145 cm³/mol. The minimum absolute atomic E-state index is 0.0412. The number of carbonyl (C=O) groups excluding carboxylic acids is 1. The molecule has 5 rings (SSSR count). The van der Waals surface area contributed by atoms with Crippen LogP contribution < -0.4 is 9.64 Å². The minimum Gasteiger partial charge on any atom is -0.495 e. The number of benzene rings is 3. The van der Waals surface area contributed by atoms with Gasteiger partial charge in [-0.05, 0) is 49.7 Å². The number of ether oxygens (including phenoxy) is 1. The molecule has 7 heteroatoms. The van der Waals surface area contributed by atoms with Crippen LogP contribution in [0.2, 0.25) is 5.02 Å². The summed E-state index contributed by atoms with van der Waals surface area (Å²) in [4.78, 5) is 18.0. The molecule has 0 atom stereocenters. The highest BCUT2D eigenvalue weighted by molar-refractivity contribution is 6.33. The van der Waals surface area contributed by atoms with E-state index in [9.17, 15) is 4.79 Å². The van der Waals surface area contributed by atoms with Gasteiger partial charge in [-0.3, -0.25) is 4.79 Å². The van der Waals surface area contributed by atoms with E-state index in [1.807, 2.05) is 72.5 Å². The molecule has 184 valence electrons. The third-order valence-corrected chi connectivity index (χ3v) is 6.98. The summed E-state index contributed by atoms with van der Waals surface area (Å²) >= 11 is 6.49. The average molecular weight is 501 g/mol. The molecule has 0 spiro atoms. The zero-order valence-electron chi connectivity index (χ0n) is 20.7. The summed E-state index contributed by atoms with van der Waals surface area (Å²) in [5.74, 6) is 0.801. The number of methoxy groups -OCH3 is 1. The summed E-state index contributed by atoms with van der Waals surface area (Å²) in [5.41, 5.74) is 6.16. The lowest BCUT2D eigenvalue weighted by Crippen LogP contribution is -2.49. The average Bonchev–Trinajstić information content (AvgIpc) is 3.33. The van der Waals surface area contributed by atoms with Crippen molar-refractivity contribution in [2.45, 2.75) is 13.8 Å². The Morgan fingerprint density at radius 1 is 0.889 bits per heavy atom. The SMILES string of the molecule is COc1ccccc1N1CCN(C(=O)c2cc(-c3ccccc3Cl)nn2-c2ccc(C)cc2C)CC1. The summed E-state index contributed by atoms with van der Waals surface area (Å²) in [6.45, 7) is 6.76. The summed E-state index contributed by atoms with van der Waals surface area (Å²) in [5, 5.41) is 5.46. The molecule has 2 heterocycles. The first-order valence-electron chi connectivity index (χ1n) is 12.1. The van der Waals surface area contributed by atoms with Gasteiger partial charge in [0, 0.05) is 31.7 Å². The Kier molecular flexibility index (Phi) is 6.70. The number of carbonyl (C=O) groups is 1. The van der Waals surface area contributed by atoms with Gasteiger partial charge in [0.15, 0.2) is 0 Å². The molecule has 0 unspecified atom stereocenters. The highest BCUT2D eigenvalue weighted by Gasteiger charge is 2.28. The monoisotopic (exact) mass is 500 g/mol. The van der Waals surface area contributed by atoms with Crippen LogP contribution in [0.4, 0.5) is 5.69 Å². The number of aryl methyl sites for hydroxylation is 2. The van der Waals surface area contributed by atoms with Crippen LogP contribution >= 0.6 is 11.6 Å². The lowest BCUT2D eigenvalue weighted by molar-refractivity contribution is 0.0737. The fourth-order valence-corrected chi connectivity index (χ4v) is 5.00. The lowest BCUT2D eigenvalue weighted by Gasteiger charge is -2.36. The molecule has 1 aromatic heterocycles. The normalized spacial score (nSPS) is 13.7. The standard InChI is InChI=1S/C29H29ClN4O2/c1-20-12-13-25(21(2)18-20)34-27(19-24(31-34)22-8-4-5-9-23(22)30)29(35)33-16-14-32(15-17-33)26-10-6-7-11-28(26)36-3/h4-13,18-19H,14-17H2,1-3H3. The molecule has 1 saturated heterocycles. The highest BCUT2D eigenvalue weighted by atomic mass is 35.5. The van der Waals surface area contributed by atoms with E-state index in [4.69, 9.17) is 21.4 Å². The summed E-state index contributed by atoms with van der Waals surface area (Å²) in [7, 11) is 1.68. The Morgan fingerprint density at radius 2 is 1.61 bits per heavy atom. The van der Waals surface area contributed by atoms with Crippen LogP contribution in [-0.2, 0) is 0 Å². The quantitative estimate of drug-likeness (QED) is 0.348. The van der Waals surface area contributed by atoms with Crippen molar-refractivity contribution >= 4 is 23.2 Å². The number of piperazine rings is 1. The fourth-order valence-electron chi connectivity index (χ4n) is 4.76. The molecule has 1 aliphatic heterocycles. The van der Waals surface area contributed by atoms with Crippen molar-refractivity contribution in [2.75, 3.05) is 38.2 Å². The van der Waals surface area contributed by atoms with Gasteiger partial charge in [-0.25, -0.2) is 4.68 Å². The number of hydrogen-bond acceptors (Lipinski definition) is 4. The molecule has 36 heavy (non-hydrogen) atoms. The van der Waals surface area contributed by atoms with Gasteiger partial charge in [-0.15, -0.1) is 0 Å². The molecule has 0 radical (unpaired) electrons. The van der Waals surface area contributed by atoms with Crippen LogP contribution in [-0.4, -0.2) is 53.9 Å². The van der Waals surface area contributed by atoms with Gasteiger partial charge in [0.2, 0.25) is 0 Å². The Bertz CT molecular complexity index is 1410. The van der Waals surface area contributed by atoms with Crippen LogP contribution in [0.3, 0.4) is 0 Å². The summed E-state index contributed by atoms with van der Waals surface area (Å²) in [6, 6.07) is 23.6. The van der Waals surface area contributed by atoms with Crippen molar-refractivity contribution in [1.29, 1.82) is 0 Å². The smallest absolute Gasteiger partial charge is 0.272 e. The molecule has 6 nitrogen and oxygen atoms in total. The maximum absolute atomic E-state index is 13.9. The van der Waals surface area contributed by atoms with E-state index in [-0.39, 0.29) is 5.91 Å². The highest BCUT2D eigenvalue weighted by Crippen LogP contribution is 2.31.